The zero-order valence-electron chi connectivity index (χ0n) is 10.6. The predicted molar refractivity (Wildman–Crippen MR) is 76.4 cm³/mol. The van der Waals surface area contributed by atoms with Crippen molar-refractivity contribution in [3.05, 3.63) is 59.7 Å². The third-order valence-corrected chi connectivity index (χ3v) is 2.52. The number of benzene rings is 2. The number of ether oxygens (including phenoxy) is 2. The van der Waals surface area contributed by atoms with Crippen LogP contribution in [0.25, 0.3) is 0 Å². The van der Waals surface area contributed by atoms with E-state index in [9.17, 15) is 4.79 Å². The Labute approximate surface area is 112 Å². The fourth-order valence-electron chi connectivity index (χ4n) is 1.56. The van der Waals surface area contributed by atoms with Crippen molar-refractivity contribution in [1.29, 1.82) is 0 Å². The molecule has 19 heavy (non-hydrogen) atoms. The van der Waals surface area contributed by atoms with Gasteiger partial charge in [0.15, 0.2) is 0 Å². The van der Waals surface area contributed by atoms with Crippen LogP contribution < -0.4 is 9.47 Å². The van der Waals surface area contributed by atoms with Gasteiger partial charge in [-0.1, -0.05) is 0 Å². The Kier molecular flexibility index (Phi) is 4.13. The average Bonchev–Trinajstić information content (AvgIpc) is 2.42. The molecule has 0 aliphatic heterocycles. The first-order valence-corrected chi connectivity index (χ1v) is 5.85. The van der Waals surface area contributed by atoms with Gasteiger partial charge < -0.3 is 0 Å². The van der Waals surface area contributed by atoms with Gasteiger partial charge in [0.25, 0.3) is 0 Å². The summed E-state index contributed by atoms with van der Waals surface area (Å²) in [4.78, 5) is 12.0. The Balaban J connectivity index is 2.13. The van der Waals surface area contributed by atoms with E-state index in [4.69, 9.17) is 9.47 Å². The van der Waals surface area contributed by atoms with Crippen LogP contribution in [0.1, 0.15) is 15.9 Å². The van der Waals surface area contributed by atoms with Gasteiger partial charge in [0.2, 0.25) is 0 Å². The van der Waals surface area contributed by atoms with Gasteiger partial charge in [-0.25, -0.2) is 0 Å². The van der Waals surface area contributed by atoms with Gasteiger partial charge in [-0.2, -0.15) is 0 Å². The topological polar surface area (TPSA) is 35.5 Å². The first kappa shape index (κ1) is 13.1. The zero-order chi connectivity index (χ0) is 13.7. The maximum atomic E-state index is 12.0. The Morgan fingerprint density at radius 3 is 2.53 bits per heavy atom. The van der Waals surface area contributed by atoms with Crippen molar-refractivity contribution in [2.45, 2.75) is 6.92 Å². The van der Waals surface area contributed by atoms with Crippen molar-refractivity contribution in [2.75, 3.05) is 0 Å². The molecule has 0 fully saturated rings. The zero-order valence-corrected chi connectivity index (χ0v) is 10.6. The molecule has 0 unspecified atom stereocenters. The van der Waals surface area contributed by atoms with Crippen LogP contribution in [0, 0.1) is 6.92 Å². The minimum absolute atomic E-state index is 0.418. The molecule has 0 heterocycles. The van der Waals surface area contributed by atoms with E-state index in [0.717, 1.165) is 5.56 Å². The molecule has 0 N–H and O–H groups in total. The predicted octanol–water partition coefficient (Wildman–Crippen LogP) is 2.25. The van der Waals surface area contributed by atoms with Crippen molar-refractivity contribution < 1.29 is 14.3 Å². The van der Waals surface area contributed by atoms with Crippen molar-refractivity contribution in [1.82, 2.24) is 0 Å². The van der Waals surface area contributed by atoms with Crippen molar-refractivity contribution in [3.63, 3.8) is 0 Å². The fraction of sp³-hybridized carbons (Fsp3) is 0.0667. The number of esters is 1. The molecule has 0 saturated heterocycles. The van der Waals surface area contributed by atoms with Gasteiger partial charge in [-0.05, 0) is 0 Å². The molecule has 94 valence electrons. The monoisotopic (exact) mass is 252 g/mol. The molecule has 0 bridgehead atoms. The molecule has 0 spiro atoms. The first-order valence-electron chi connectivity index (χ1n) is 5.85. The molecule has 2 aromatic rings. The van der Waals surface area contributed by atoms with Crippen LogP contribution in [0.3, 0.4) is 0 Å². The molecule has 0 aromatic heterocycles. The molecule has 3 nitrogen and oxygen atoms in total. The number of aryl methyl sites for hydroxylation is 1. The van der Waals surface area contributed by atoms with E-state index >= 15 is 0 Å². The van der Waals surface area contributed by atoms with E-state index in [1.807, 2.05) is 19.1 Å². The summed E-state index contributed by atoms with van der Waals surface area (Å²) in [5.41, 5.74) is 1.54. The standard InChI is InChI=1S/C15H13BO3/c1-11-5-7-13(8-6-11)19-15(17)12-3-2-4-14(9-12)18-10-16/h2-10,16H,1H3. The second kappa shape index (κ2) is 6.00. The number of hydrogen-bond donors (Lipinski definition) is 0. The molecule has 2 aromatic carbocycles. The summed E-state index contributed by atoms with van der Waals surface area (Å²) in [5, 5.41) is 0. The van der Waals surface area contributed by atoms with Gasteiger partial charge in [0, 0.05) is 0 Å². The molecular weight excluding hydrogens is 239 g/mol. The molecule has 4 heteroatoms. The third-order valence-electron chi connectivity index (χ3n) is 2.52. The molecule has 0 saturated carbocycles. The molecule has 0 atom stereocenters. The van der Waals surface area contributed by atoms with Crippen LogP contribution in [0.4, 0.5) is 0 Å². The van der Waals surface area contributed by atoms with Crippen LogP contribution in [-0.4, -0.2) is 19.6 Å². The van der Waals surface area contributed by atoms with Crippen molar-refractivity contribution in [3.8, 4) is 11.5 Å². The Bertz CT molecular complexity index is 591. The van der Waals surface area contributed by atoms with Gasteiger partial charge in [-0.15, -0.1) is 0 Å². The Hall–Kier alpha value is -2.36. The third kappa shape index (κ3) is 3.55. The van der Waals surface area contributed by atoms with Crippen LogP contribution >= 0.6 is 0 Å². The molecule has 0 amide bonds. The second-order valence-corrected chi connectivity index (χ2v) is 4.01. The van der Waals surface area contributed by atoms with Crippen molar-refractivity contribution in [2.24, 2.45) is 0 Å². The molecule has 2 rings (SSSR count). The van der Waals surface area contributed by atoms with Gasteiger partial charge >= 0.3 is 112 Å². The van der Waals surface area contributed by atoms with Crippen molar-refractivity contribution >= 4 is 19.6 Å². The summed E-state index contributed by atoms with van der Waals surface area (Å²) in [6, 6.07) is 14.0. The van der Waals surface area contributed by atoms with Crippen LogP contribution in [0.5, 0.6) is 11.5 Å². The summed E-state index contributed by atoms with van der Waals surface area (Å²) >= 11 is 0. The van der Waals surface area contributed by atoms with E-state index in [0.29, 0.717) is 17.1 Å². The number of carbonyl (C=O) groups excluding carboxylic acids is 1. The van der Waals surface area contributed by atoms with E-state index in [1.54, 1.807) is 36.4 Å². The quantitative estimate of drug-likeness (QED) is 0.475. The van der Waals surface area contributed by atoms with Crippen LogP contribution in [0.15, 0.2) is 48.5 Å². The summed E-state index contributed by atoms with van der Waals surface area (Å²) in [7, 11) is 3.47. The van der Waals surface area contributed by atoms with E-state index in [1.165, 1.54) is 6.15 Å². The van der Waals surface area contributed by atoms with Crippen LogP contribution in [0.2, 0.25) is 0 Å². The van der Waals surface area contributed by atoms with E-state index in [2.05, 4.69) is 7.49 Å². The van der Waals surface area contributed by atoms with Gasteiger partial charge in [0.05, 0.1) is 0 Å². The van der Waals surface area contributed by atoms with Gasteiger partial charge in [-0.3, -0.25) is 0 Å². The minimum atomic E-state index is -0.418. The van der Waals surface area contributed by atoms with E-state index < -0.39 is 5.97 Å². The first-order chi connectivity index (χ1) is 9.19. The second-order valence-electron chi connectivity index (χ2n) is 4.01. The molecule has 0 radical (unpaired) electrons. The molecule has 0 aliphatic rings. The van der Waals surface area contributed by atoms with E-state index in [-0.39, 0.29) is 0 Å². The number of hydrogen-bond acceptors (Lipinski definition) is 3. The normalized spacial score (nSPS) is 9.68. The Morgan fingerprint density at radius 2 is 1.84 bits per heavy atom. The molecular formula is C15H13BO3. The SMILES string of the molecule is B=COc1cccc(C(=O)Oc2ccc(C)cc2)c1. The van der Waals surface area contributed by atoms with Gasteiger partial charge in [0.1, 0.15) is 0 Å². The fourth-order valence-corrected chi connectivity index (χ4v) is 1.56. The summed E-state index contributed by atoms with van der Waals surface area (Å²) < 4.78 is 10.4. The number of rotatable bonds is 4. The average molecular weight is 252 g/mol. The number of carbonyl (C=O) groups is 1. The molecule has 0 aliphatic carbocycles. The Morgan fingerprint density at radius 1 is 1.11 bits per heavy atom. The summed E-state index contributed by atoms with van der Waals surface area (Å²) in [6.07, 6.45) is 1.31. The maximum absolute atomic E-state index is 12.0. The summed E-state index contributed by atoms with van der Waals surface area (Å²) in [5.74, 6) is 0.650. The van der Waals surface area contributed by atoms with Crippen LogP contribution in [-0.2, 0) is 0 Å². The summed E-state index contributed by atoms with van der Waals surface area (Å²) in [6.45, 7) is 1.97.